The van der Waals surface area contributed by atoms with Gasteiger partial charge in [0.2, 0.25) is 5.91 Å². The summed E-state index contributed by atoms with van der Waals surface area (Å²) in [7, 11) is 0. The van der Waals surface area contributed by atoms with E-state index < -0.39 is 17.5 Å². The summed E-state index contributed by atoms with van der Waals surface area (Å²) in [5.41, 5.74) is 8.34. The summed E-state index contributed by atoms with van der Waals surface area (Å²) in [4.78, 5) is 37.8. The number of carbonyl (C=O) groups excluding carboxylic acids is 3. The van der Waals surface area contributed by atoms with E-state index >= 15 is 0 Å². The summed E-state index contributed by atoms with van der Waals surface area (Å²) < 4.78 is 6.11. The second kappa shape index (κ2) is 8.67. The first-order valence-electron chi connectivity index (χ1n) is 11.0. The lowest BCUT2D eigenvalue weighted by Crippen LogP contribution is -2.24. The quantitative estimate of drug-likeness (QED) is 0.400. The molecule has 7 heteroatoms. The number of nitrogens with two attached hydrogens (primary N) is 1. The highest BCUT2D eigenvalue weighted by Gasteiger charge is 2.48. The third-order valence-electron chi connectivity index (χ3n) is 6.04. The van der Waals surface area contributed by atoms with E-state index in [-0.39, 0.29) is 11.2 Å². The van der Waals surface area contributed by atoms with Crippen molar-refractivity contribution >= 4 is 40.6 Å². The van der Waals surface area contributed by atoms with Crippen LogP contribution in [0.15, 0.2) is 48.5 Å². The minimum absolute atomic E-state index is 0.180. The molecule has 0 radical (unpaired) electrons. The zero-order valence-corrected chi connectivity index (χ0v) is 21.1. The van der Waals surface area contributed by atoms with E-state index in [4.69, 9.17) is 22.1 Å². The molecule has 1 fully saturated rings. The molecule has 0 atom stereocenters. The van der Waals surface area contributed by atoms with Crippen molar-refractivity contribution in [1.29, 1.82) is 0 Å². The number of primary amides is 1. The number of carbonyl (C=O) groups is 3. The molecule has 1 saturated carbocycles. The number of halogens is 1. The maximum Gasteiger partial charge on any atom is 0.339 e. The van der Waals surface area contributed by atoms with Gasteiger partial charge in [0.1, 0.15) is 11.4 Å². The Kier molecular flexibility index (Phi) is 6.17. The maximum atomic E-state index is 13.2. The molecule has 2 aromatic carbocycles. The van der Waals surface area contributed by atoms with Gasteiger partial charge in [-0.3, -0.25) is 9.59 Å². The summed E-state index contributed by atoms with van der Waals surface area (Å²) in [6.07, 6.45) is 1.73. The zero-order valence-electron chi connectivity index (χ0n) is 19.5. The van der Waals surface area contributed by atoms with Crippen molar-refractivity contribution < 1.29 is 19.1 Å². The summed E-state index contributed by atoms with van der Waals surface area (Å²) in [5.74, 6) is -0.880. The van der Waals surface area contributed by atoms with Crippen LogP contribution in [0.4, 0.5) is 0 Å². The van der Waals surface area contributed by atoms with Gasteiger partial charge in [-0.25, -0.2) is 4.79 Å². The Bertz CT molecular complexity index is 1300. The molecule has 0 unspecified atom stereocenters. The topological polar surface area (TPSA) is 86.5 Å². The first kappa shape index (κ1) is 24.2. The Morgan fingerprint density at radius 1 is 0.971 bits per heavy atom. The number of benzene rings is 2. The van der Waals surface area contributed by atoms with Crippen LogP contribution in [0.2, 0.25) is 4.34 Å². The van der Waals surface area contributed by atoms with Crippen molar-refractivity contribution in [2.75, 3.05) is 0 Å². The van der Waals surface area contributed by atoms with Gasteiger partial charge in [-0.2, -0.15) is 0 Å². The fourth-order valence-corrected chi connectivity index (χ4v) is 5.36. The highest BCUT2D eigenvalue weighted by molar-refractivity contribution is 7.19. The number of ketones is 1. The predicted molar refractivity (Wildman–Crippen MR) is 135 cm³/mol. The van der Waals surface area contributed by atoms with E-state index in [1.165, 1.54) is 17.4 Å². The molecule has 1 aromatic heterocycles. The van der Waals surface area contributed by atoms with Gasteiger partial charge in [-0.1, -0.05) is 48.0 Å². The Morgan fingerprint density at radius 2 is 1.59 bits per heavy atom. The van der Waals surface area contributed by atoms with Gasteiger partial charge in [-0.05, 0) is 74.9 Å². The van der Waals surface area contributed by atoms with Crippen LogP contribution in [0.5, 0.6) is 0 Å². The maximum absolute atomic E-state index is 13.2. The van der Waals surface area contributed by atoms with Crippen molar-refractivity contribution in [2.45, 2.75) is 51.6 Å². The molecule has 3 aromatic rings. The number of amides is 1. The summed E-state index contributed by atoms with van der Waals surface area (Å²) >= 11 is 7.38. The molecule has 0 spiro atoms. The largest absolute Gasteiger partial charge is 0.456 e. The molecule has 5 nitrogen and oxygen atoms in total. The third kappa shape index (κ3) is 4.65. The fraction of sp³-hybridized carbons (Fsp3) is 0.296. The normalized spacial score (nSPS) is 14.5. The average molecular weight is 496 g/mol. The van der Waals surface area contributed by atoms with Crippen molar-refractivity contribution in [1.82, 2.24) is 0 Å². The van der Waals surface area contributed by atoms with E-state index in [1.54, 1.807) is 13.0 Å². The van der Waals surface area contributed by atoms with Crippen molar-refractivity contribution in [3.05, 3.63) is 69.6 Å². The number of Topliss-reactive ketones (excluding diaryl/α,β-unsaturated/α-hetero) is 1. The number of thiophene rings is 1. The Hall–Kier alpha value is -2.96. The average Bonchev–Trinajstić information content (AvgIpc) is 3.48. The van der Waals surface area contributed by atoms with Crippen LogP contribution in [0.25, 0.3) is 21.6 Å². The second-order valence-corrected chi connectivity index (χ2v) is 11.3. The molecule has 0 aliphatic heterocycles. The van der Waals surface area contributed by atoms with E-state index in [2.05, 4.69) is 0 Å². The van der Waals surface area contributed by atoms with Gasteiger partial charge in [0.15, 0.2) is 0 Å². The van der Waals surface area contributed by atoms with Gasteiger partial charge in [-0.15, -0.1) is 11.3 Å². The lowest BCUT2D eigenvalue weighted by atomic mass is 9.89. The molecular formula is C27H26ClNO4S. The molecule has 4 rings (SSSR count). The monoisotopic (exact) mass is 495 g/mol. The first-order chi connectivity index (χ1) is 15.9. The van der Waals surface area contributed by atoms with Crippen molar-refractivity contribution in [3.8, 4) is 21.6 Å². The zero-order chi connectivity index (χ0) is 24.8. The lowest BCUT2D eigenvalue weighted by Gasteiger charge is -2.21. The molecule has 34 heavy (non-hydrogen) atoms. The number of esters is 1. The van der Waals surface area contributed by atoms with Gasteiger partial charge in [0.05, 0.1) is 20.9 Å². The van der Waals surface area contributed by atoms with E-state index in [0.717, 1.165) is 24.0 Å². The highest BCUT2D eigenvalue weighted by Crippen LogP contribution is 2.49. The van der Waals surface area contributed by atoms with Crippen LogP contribution in [-0.2, 0) is 14.9 Å². The number of hydrogen-bond donors (Lipinski definition) is 1. The van der Waals surface area contributed by atoms with Crippen LogP contribution in [0.1, 0.15) is 66.8 Å². The minimum atomic E-state index is -0.682. The van der Waals surface area contributed by atoms with Gasteiger partial charge in [0, 0.05) is 4.88 Å². The van der Waals surface area contributed by atoms with Gasteiger partial charge in [0.25, 0.3) is 0 Å². The summed E-state index contributed by atoms with van der Waals surface area (Å²) in [6, 6.07) is 14.7. The second-order valence-electron chi connectivity index (χ2n) is 9.64. The van der Waals surface area contributed by atoms with Crippen molar-refractivity contribution in [3.63, 3.8) is 0 Å². The van der Waals surface area contributed by atoms with Crippen LogP contribution in [0.3, 0.4) is 0 Å². The molecule has 2 N–H and O–H groups in total. The van der Waals surface area contributed by atoms with Gasteiger partial charge < -0.3 is 10.5 Å². The van der Waals surface area contributed by atoms with Crippen LogP contribution >= 0.6 is 22.9 Å². The highest BCUT2D eigenvalue weighted by atomic mass is 35.5. The van der Waals surface area contributed by atoms with E-state index in [0.29, 0.717) is 31.5 Å². The molecule has 0 bridgehead atoms. The van der Waals surface area contributed by atoms with Crippen LogP contribution in [-0.4, -0.2) is 23.3 Å². The molecule has 1 aliphatic carbocycles. The minimum Gasteiger partial charge on any atom is -0.456 e. The van der Waals surface area contributed by atoms with Crippen LogP contribution < -0.4 is 5.73 Å². The predicted octanol–water partition coefficient (Wildman–Crippen LogP) is 6.41. The molecular weight excluding hydrogens is 470 g/mol. The van der Waals surface area contributed by atoms with Gasteiger partial charge >= 0.3 is 5.97 Å². The smallest absolute Gasteiger partial charge is 0.339 e. The Morgan fingerprint density at radius 3 is 2.12 bits per heavy atom. The molecule has 1 heterocycles. The fourth-order valence-electron chi connectivity index (χ4n) is 4.14. The van der Waals surface area contributed by atoms with E-state index in [1.807, 2.05) is 57.2 Å². The molecule has 176 valence electrons. The summed E-state index contributed by atoms with van der Waals surface area (Å²) in [6.45, 7) is 7.07. The van der Waals surface area contributed by atoms with Crippen LogP contribution in [0, 0.1) is 0 Å². The molecule has 0 saturated heterocycles. The number of hydrogen-bond acceptors (Lipinski definition) is 5. The number of rotatable bonds is 6. The Balaban J connectivity index is 1.80. The Labute approximate surface area is 207 Å². The standard InChI is InChI=1S/C27H26ClNO4S/c1-15(30)27(11-12-27)18-8-5-16(6-9-18)19-10-7-17(13-20(19)25(32)33-26(2,3)4)23-21(24(29)31)14-22(28)34-23/h5-10,13-14H,11-12H2,1-4H3,(H2,29,31). The molecule has 1 aliphatic rings. The van der Waals surface area contributed by atoms with Crippen molar-refractivity contribution in [2.24, 2.45) is 5.73 Å². The first-order valence-corrected chi connectivity index (χ1v) is 12.2. The SMILES string of the molecule is CC(=O)C1(c2ccc(-c3ccc(-c4sc(Cl)cc4C(N)=O)cc3C(=O)OC(C)(C)C)cc2)CC1. The number of ether oxygens (including phenoxy) is 1. The summed E-state index contributed by atoms with van der Waals surface area (Å²) in [5, 5.41) is 0. The molecule has 1 amide bonds. The third-order valence-corrected chi connectivity index (χ3v) is 7.35. The lowest BCUT2D eigenvalue weighted by molar-refractivity contribution is -0.119. The van der Waals surface area contributed by atoms with E-state index in [9.17, 15) is 14.4 Å².